The zero-order valence-corrected chi connectivity index (χ0v) is 9.87. The zero-order valence-electron chi connectivity index (χ0n) is 9.87. The van der Waals surface area contributed by atoms with Gasteiger partial charge in [-0.2, -0.15) is 0 Å². The van der Waals surface area contributed by atoms with Gasteiger partial charge in [0.05, 0.1) is 11.7 Å². The van der Waals surface area contributed by atoms with Gasteiger partial charge in [-0.1, -0.05) is 26.0 Å². The molecule has 0 saturated heterocycles. The van der Waals surface area contributed by atoms with E-state index in [2.05, 4.69) is 0 Å². The van der Waals surface area contributed by atoms with Crippen LogP contribution in [-0.4, -0.2) is 18.5 Å². The van der Waals surface area contributed by atoms with Crippen LogP contribution in [0.25, 0.3) is 0 Å². The van der Waals surface area contributed by atoms with Crippen LogP contribution in [0.5, 0.6) is 0 Å². The molecular weight excluding hydrogens is 207 g/mol. The monoisotopic (exact) mass is 224 g/mol. The lowest BCUT2D eigenvalue weighted by Crippen LogP contribution is -2.20. The predicted molar refractivity (Wildman–Crippen MR) is 61.0 cm³/mol. The highest BCUT2D eigenvalue weighted by Gasteiger charge is 2.14. The van der Waals surface area contributed by atoms with Gasteiger partial charge in [-0.3, -0.25) is 4.79 Å². The van der Waals surface area contributed by atoms with E-state index in [9.17, 15) is 9.18 Å². The summed E-state index contributed by atoms with van der Waals surface area (Å²) in [6.45, 7) is 5.86. The van der Waals surface area contributed by atoms with Crippen molar-refractivity contribution in [2.24, 2.45) is 5.92 Å². The standard InChI is InChI=1S/C13H17FO2/c1-9(2)10(3)16-8-13(15)11-6-4-5-7-12(11)14/h4-7,9-10H,8H2,1-3H3. The van der Waals surface area contributed by atoms with Crippen molar-refractivity contribution in [3.8, 4) is 0 Å². The molecule has 0 aliphatic heterocycles. The Morgan fingerprint density at radius 3 is 2.50 bits per heavy atom. The molecule has 0 radical (unpaired) electrons. The molecule has 16 heavy (non-hydrogen) atoms. The molecule has 0 bridgehead atoms. The molecule has 88 valence electrons. The van der Waals surface area contributed by atoms with Crippen molar-refractivity contribution in [2.45, 2.75) is 26.9 Å². The summed E-state index contributed by atoms with van der Waals surface area (Å²) in [5, 5.41) is 0. The summed E-state index contributed by atoms with van der Waals surface area (Å²) in [5.41, 5.74) is 0.0958. The van der Waals surface area contributed by atoms with Crippen LogP contribution in [0.2, 0.25) is 0 Å². The van der Waals surface area contributed by atoms with Crippen LogP contribution in [0.3, 0.4) is 0 Å². The van der Waals surface area contributed by atoms with Crippen molar-refractivity contribution >= 4 is 5.78 Å². The minimum atomic E-state index is -0.492. The number of rotatable bonds is 5. The number of Topliss-reactive ketones (excluding diaryl/α,β-unsaturated/α-hetero) is 1. The molecule has 0 N–H and O–H groups in total. The molecule has 1 rings (SSSR count). The van der Waals surface area contributed by atoms with Crippen LogP contribution in [-0.2, 0) is 4.74 Å². The predicted octanol–water partition coefficient (Wildman–Crippen LogP) is 3.07. The first-order valence-electron chi connectivity index (χ1n) is 5.41. The summed E-state index contributed by atoms with van der Waals surface area (Å²) < 4.78 is 18.6. The van der Waals surface area contributed by atoms with E-state index in [4.69, 9.17) is 4.74 Å². The van der Waals surface area contributed by atoms with E-state index in [1.807, 2.05) is 20.8 Å². The maximum atomic E-state index is 13.2. The summed E-state index contributed by atoms with van der Waals surface area (Å²) in [6.07, 6.45) is -0.00396. The van der Waals surface area contributed by atoms with Gasteiger partial charge in [0.25, 0.3) is 0 Å². The lowest BCUT2D eigenvalue weighted by atomic mass is 10.1. The minimum absolute atomic E-state index is 0.00396. The van der Waals surface area contributed by atoms with Crippen LogP contribution in [0.4, 0.5) is 4.39 Å². The largest absolute Gasteiger partial charge is 0.370 e. The van der Waals surface area contributed by atoms with E-state index >= 15 is 0 Å². The van der Waals surface area contributed by atoms with Crippen molar-refractivity contribution in [1.82, 2.24) is 0 Å². The Kier molecular flexibility index (Phi) is 4.62. The molecule has 0 amide bonds. The molecule has 0 aliphatic rings. The van der Waals surface area contributed by atoms with Gasteiger partial charge in [0.15, 0.2) is 5.78 Å². The van der Waals surface area contributed by atoms with Crippen LogP contribution in [0.15, 0.2) is 24.3 Å². The second-order valence-corrected chi connectivity index (χ2v) is 4.16. The number of hydrogen-bond acceptors (Lipinski definition) is 2. The summed E-state index contributed by atoms with van der Waals surface area (Å²) in [4.78, 5) is 11.6. The quantitative estimate of drug-likeness (QED) is 0.718. The first-order chi connectivity index (χ1) is 7.52. The Morgan fingerprint density at radius 2 is 1.94 bits per heavy atom. The molecule has 0 spiro atoms. The molecule has 3 heteroatoms. The summed E-state index contributed by atoms with van der Waals surface area (Å²) in [5.74, 6) is -0.465. The van der Waals surface area contributed by atoms with Crippen molar-refractivity contribution in [3.63, 3.8) is 0 Å². The van der Waals surface area contributed by atoms with E-state index in [0.717, 1.165) is 0 Å². The van der Waals surface area contributed by atoms with E-state index in [1.54, 1.807) is 12.1 Å². The number of ether oxygens (including phenoxy) is 1. The first-order valence-corrected chi connectivity index (χ1v) is 5.41. The van der Waals surface area contributed by atoms with E-state index in [1.165, 1.54) is 12.1 Å². The molecule has 1 aromatic rings. The van der Waals surface area contributed by atoms with Gasteiger partial charge in [-0.15, -0.1) is 0 Å². The van der Waals surface area contributed by atoms with Crippen LogP contribution in [0.1, 0.15) is 31.1 Å². The van der Waals surface area contributed by atoms with Gasteiger partial charge in [-0.05, 0) is 25.0 Å². The number of benzene rings is 1. The maximum Gasteiger partial charge on any atom is 0.191 e. The highest BCUT2D eigenvalue weighted by molar-refractivity contribution is 5.97. The lowest BCUT2D eigenvalue weighted by molar-refractivity contribution is 0.0334. The molecular formula is C13H17FO2. The maximum absolute atomic E-state index is 13.2. The molecule has 1 atom stereocenters. The Bertz CT molecular complexity index is 361. The summed E-state index contributed by atoms with van der Waals surface area (Å²) in [6, 6.07) is 5.95. The minimum Gasteiger partial charge on any atom is -0.370 e. The summed E-state index contributed by atoms with van der Waals surface area (Å²) >= 11 is 0. The van der Waals surface area contributed by atoms with Gasteiger partial charge < -0.3 is 4.74 Å². The Balaban J connectivity index is 2.57. The van der Waals surface area contributed by atoms with Gasteiger partial charge in [0, 0.05) is 0 Å². The number of halogens is 1. The average molecular weight is 224 g/mol. The molecule has 1 aromatic carbocycles. The van der Waals surface area contributed by atoms with Gasteiger partial charge >= 0.3 is 0 Å². The van der Waals surface area contributed by atoms with Crippen molar-refractivity contribution < 1.29 is 13.9 Å². The fourth-order valence-electron chi connectivity index (χ4n) is 1.16. The fourth-order valence-corrected chi connectivity index (χ4v) is 1.16. The van der Waals surface area contributed by atoms with Gasteiger partial charge in [0.1, 0.15) is 12.4 Å². The third kappa shape index (κ3) is 3.42. The summed E-state index contributed by atoms with van der Waals surface area (Å²) in [7, 11) is 0. The van der Waals surface area contributed by atoms with Crippen molar-refractivity contribution in [3.05, 3.63) is 35.6 Å². The van der Waals surface area contributed by atoms with Crippen LogP contribution in [0, 0.1) is 11.7 Å². The molecule has 0 aromatic heterocycles. The number of ketones is 1. The average Bonchev–Trinajstić information content (AvgIpc) is 2.25. The number of carbonyl (C=O) groups is 1. The lowest BCUT2D eigenvalue weighted by Gasteiger charge is -2.15. The Hall–Kier alpha value is -1.22. The van der Waals surface area contributed by atoms with E-state index < -0.39 is 5.82 Å². The number of carbonyl (C=O) groups excluding carboxylic acids is 1. The molecule has 0 saturated carbocycles. The van der Waals surface area contributed by atoms with Gasteiger partial charge in [-0.25, -0.2) is 4.39 Å². The van der Waals surface area contributed by atoms with E-state index in [0.29, 0.717) is 5.92 Å². The Morgan fingerprint density at radius 1 is 1.31 bits per heavy atom. The van der Waals surface area contributed by atoms with Crippen molar-refractivity contribution in [2.75, 3.05) is 6.61 Å². The molecule has 1 unspecified atom stereocenters. The molecule has 2 nitrogen and oxygen atoms in total. The SMILES string of the molecule is CC(C)C(C)OCC(=O)c1ccccc1F. The third-order valence-electron chi connectivity index (χ3n) is 2.59. The first kappa shape index (κ1) is 12.8. The third-order valence-corrected chi connectivity index (χ3v) is 2.59. The topological polar surface area (TPSA) is 26.3 Å². The molecule has 0 heterocycles. The smallest absolute Gasteiger partial charge is 0.191 e. The normalized spacial score (nSPS) is 12.8. The second kappa shape index (κ2) is 5.75. The van der Waals surface area contributed by atoms with Crippen molar-refractivity contribution in [1.29, 1.82) is 0 Å². The Labute approximate surface area is 95.4 Å². The fraction of sp³-hybridized carbons (Fsp3) is 0.462. The van der Waals surface area contributed by atoms with E-state index in [-0.39, 0.29) is 24.1 Å². The van der Waals surface area contributed by atoms with Gasteiger partial charge in [0.2, 0.25) is 0 Å². The highest BCUT2D eigenvalue weighted by Crippen LogP contribution is 2.10. The zero-order chi connectivity index (χ0) is 12.1. The molecule has 0 aliphatic carbocycles. The number of hydrogen-bond donors (Lipinski definition) is 0. The van der Waals surface area contributed by atoms with Crippen LogP contribution < -0.4 is 0 Å². The highest BCUT2D eigenvalue weighted by atomic mass is 19.1. The van der Waals surface area contributed by atoms with Crippen LogP contribution >= 0.6 is 0 Å². The molecule has 0 fully saturated rings. The second-order valence-electron chi connectivity index (χ2n) is 4.16.